The zero-order valence-corrected chi connectivity index (χ0v) is 17.5. The van der Waals surface area contributed by atoms with E-state index in [1.54, 1.807) is 13.0 Å². The van der Waals surface area contributed by atoms with Crippen LogP contribution in [0, 0.1) is 0 Å². The molecule has 0 aliphatic heterocycles. The predicted molar refractivity (Wildman–Crippen MR) is 113 cm³/mol. The monoisotopic (exact) mass is 415 g/mol. The van der Waals surface area contributed by atoms with Crippen LogP contribution in [0.15, 0.2) is 41.7 Å². The number of thioether (sulfide) groups is 1. The number of benzene rings is 1. The molecule has 2 heterocycles. The fourth-order valence-electron chi connectivity index (χ4n) is 2.54. The van der Waals surface area contributed by atoms with Crippen LogP contribution in [0.2, 0.25) is 0 Å². The van der Waals surface area contributed by atoms with E-state index in [4.69, 9.17) is 4.74 Å². The highest BCUT2D eigenvalue weighted by atomic mass is 32.2. The third kappa shape index (κ3) is 4.69. The molecule has 0 unspecified atom stereocenters. The molecule has 3 aromatic rings. The number of ether oxygens (including phenoxy) is 1. The van der Waals surface area contributed by atoms with Gasteiger partial charge in [-0.25, -0.2) is 14.8 Å². The second kappa shape index (κ2) is 9.16. The number of nitrogens with zero attached hydrogens (tertiary/aromatic N) is 2. The lowest BCUT2D eigenvalue weighted by Crippen LogP contribution is -2.16. The number of carbonyl (C=O) groups excluding carboxylic acids is 2. The van der Waals surface area contributed by atoms with E-state index in [-0.39, 0.29) is 24.2 Å². The molecule has 0 aliphatic rings. The first-order valence-electron chi connectivity index (χ1n) is 8.92. The molecule has 3 rings (SSSR count). The first-order chi connectivity index (χ1) is 13.5. The van der Waals surface area contributed by atoms with Crippen molar-refractivity contribution in [3.8, 4) is 0 Å². The highest BCUT2D eigenvalue weighted by Gasteiger charge is 2.20. The summed E-state index contributed by atoms with van der Waals surface area (Å²) in [7, 11) is 0. The molecule has 0 saturated heterocycles. The van der Waals surface area contributed by atoms with Gasteiger partial charge in [0.15, 0.2) is 0 Å². The van der Waals surface area contributed by atoms with Crippen LogP contribution >= 0.6 is 23.1 Å². The first kappa shape index (κ1) is 20.3. The Morgan fingerprint density at radius 1 is 1.25 bits per heavy atom. The van der Waals surface area contributed by atoms with Gasteiger partial charge < -0.3 is 10.1 Å². The summed E-state index contributed by atoms with van der Waals surface area (Å²) >= 11 is 2.75. The highest BCUT2D eigenvalue weighted by molar-refractivity contribution is 8.00. The summed E-state index contributed by atoms with van der Waals surface area (Å²) in [5.74, 6) is -0.186. The Balaban J connectivity index is 1.73. The summed E-state index contributed by atoms with van der Waals surface area (Å²) in [4.78, 5) is 34.3. The molecule has 0 saturated carbocycles. The zero-order valence-electron chi connectivity index (χ0n) is 15.9. The fraction of sp³-hybridized carbons (Fsp3) is 0.300. The topological polar surface area (TPSA) is 81.2 Å². The van der Waals surface area contributed by atoms with E-state index in [2.05, 4.69) is 15.3 Å². The number of rotatable bonds is 7. The van der Waals surface area contributed by atoms with Crippen LogP contribution in [-0.2, 0) is 9.53 Å². The Morgan fingerprint density at radius 3 is 2.79 bits per heavy atom. The molecule has 146 valence electrons. The minimum absolute atomic E-state index is 0.179. The Kier molecular flexibility index (Phi) is 6.64. The largest absolute Gasteiger partial charge is 0.462 e. The van der Waals surface area contributed by atoms with E-state index in [0.717, 1.165) is 20.8 Å². The normalized spacial score (nSPS) is 11.0. The highest BCUT2D eigenvalue weighted by Crippen LogP contribution is 2.34. The van der Waals surface area contributed by atoms with Gasteiger partial charge in [0.2, 0.25) is 5.91 Å². The lowest BCUT2D eigenvalue weighted by Gasteiger charge is -2.07. The SMILES string of the molecule is CCOC(=O)c1cc(C(C)C)sc1NC(=O)CSc1ncnc2ccccc12. The zero-order chi connectivity index (χ0) is 20.1. The van der Waals surface area contributed by atoms with Gasteiger partial charge >= 0.3 is 5.97 Å². The summed E-state index contributed by atoms with van der Waals surface area (Å²) < 4.78 is 5.12. The van der Waals surface area contributed by atoms with Crippen LogP contribution in [0.4, 0.5) is 5.00 Å². The van der Waals surface area contributed by atoms with Crippen LogP contribution in [-0.4, -0.2) is 34.2 Å². The van der Waals surface area contributed by atoms with Crippen molar-refractivity contribution in [1.82, 2.24) is 9.97 Å². The molecule has 0 fully saturated rings. The number of hydrogen-bond acceptors (Lipinski definition) is 7. The number of aromatic nitrogens is 2. The second-order valence-electron chi connectivity index (χ2n) is 6.30. The Labute approximate surface area is 171 Å². The van der Waals surface area contributed by atoms with Crippen LogP contribution < -0.4 is 5.32 Å². The van der Waals surface area contributed by atoms with Crippen molar-refractivity contribution in [2.24, 2.45) is 0 Å². The molecule has 1 aromatic carbocycles. The maximum atomic E-state index is 12.5. The number of nitrogens with one attached hydrogen (secondary N) is 1. The van der Waals surface area contributed by atoms with E-state index in [0.29, 0.717) is 10.6 Å². The fourth-order valence-corrected chi connectivity index (χ4v) is 4.39. The lowest BCUT2D eigenvalue weighted by molar-refractivity contribution is -0.113. The summed E-state index contributed by atoms with van der Waals surface area (Å²) in [6.07, 6.45) is 1.50. The number of carbonyl (C=O) groups is 2. The number of hydrogen-bond donors (Lipinski definition) is 1. The van der Waals surface area contributed by atoms with E-state index in [1.165, 1.54) is 29.4 Å². The number of thiophene rings is 1. The minimum atomic E-state index is -0.421. The number of para-hydroxylation sites is 1. The number of anilines is 1. The first-order valence-corrected chi connectivity index (χ1v) is 10.7. The summed E-state index contributed by atoms with van der Waals surface area (Å²) in [6.45, 7) is 6.13. The molecule has 1 N–H and O–H groups in total. The van der Waals surface area contributed by atoms with E-state index < -0.39 is 5.97 Å². The summed E-state index contributed by atoms with van der Waals surface area (Å²) in [5.41, 5.74) is 1.24. The van der Waals surface area contributed by atoms with E-state index in [1.807, 2.05) is 38.1 Å². The second-order valence-corrected chi connectivity index (χ2v) is 8.35. The molecule has 8 heteroatoms. The average Bonchev–Trinajstić information content (AvgIpc) is 3.10. The van der Waals surface area contributed by atoms with Gasteiger partial charge in [-0.15, -0.1) is 11.3 Å². The molecule has 0 bridgehead atoms. The van der Waals surface area contributed by atoms with Gasteiger partial charge in [0.1, 0.15) is 16.4 Å². The number of esters is 1. The van der Waals surface area contributed by atoms with Gasteiger partial charge in [0, 0.05) is 10.3 Å². The Hall–Kier alpha value is -2.45. The molecule has 2 aromatic heterocycles. The van der Waals surface area contributed by atoms with Crippen LogP contribution in [0.3, 0.4) is 0 Å². The molecule has 0 spiro atoms. The Bertz CT molecular complexity index is 996. The molecule has 0 radical (unpaired) electrons. The van der Waals surface area contributed by atoms with Crippen molar-refractivity contribution < 1.29 is 14.3 Å². The van der Waals surface area contributed by atoms with Gasteiger partial charge in [-0.05, 0) is 25.0 Å². The molecular weight excluding hydrogens is 394 g/mol. The van der Waals surface area contributed by atoms with Crippen molar-refractivity contribution >= 4 is 50.9 Å². The van der Waals surface area contributed by atoms with Gasteiger partial charge in [-0.3, -0.25) is 4.79 Å². The third-order valence-electron chi connectivity index (χ3n) is 3.91. The smallest absolute Gasteiger partial charge is 0.341 e. The van der Waals surface area contributed by atoms with Crippen molar-refractivity contribution in [3.63, 3.8) is 0 Å². The molecular formula is C20H21N3O3S2. The molecule has 0 atom stereocenters. The minimum Gasteiger partial charge on any atom is -0.462 e. The van der Waals surface area contributed by atoms with Crippen LogP contribution in [0.1, 0.15) is 41.9 Å². The number of amides is 1. The maximum Gasteiger partial charge on any atom is 0.341 e. The average molecular weight is 416 g/mol. The van der Waals surface area contributed by atoms with Crippen LogP contribution in [0.25, 0.3) is 10.9 Å². The van der Waals surface area contributed by atoms with Crippen molar-refractivity contribution in [1.29, 1.82) is 0 Å². The van der Waals surface area contributed by atoms with Gasteiger partial charge in [0.25, 0.3) is 0 Å². The Morgan fingerprint density at radius 2 is 2.04 bits per heavy atom. The van der Waals surface area contributed by atoms with Gasteiger partial charge in [-0.2, -0.15) is 0 Å². The molecule has 1 amide bonds. The standard InChI is InChI=1S/C20H21N3O3S2/c1-4-26-20(25)14-9-16(12(2)3)28-19(14)23-17(24)10-27-18-13-7-5-6-8-15(13)21-11-22-18/h5-9,11-12H,4,10H2,1-3H3,(H,23,24). The summed E-state index contributed by atoms with van der Waals surface area (Å²) in [5, 5.41) is 5.05. The lowest BCUT2D eigenvalue weighted by atomic mass is 10.1. The van der Waals surface area contributed by atoms with Crippen LogP contribution in [0.5, 0.6) is 0 Å². The maximum absolute atomic E-state index is 12.5. The van der Waals surface area contributed by atoms with Gasteiger partial charge in [0.05, 0.1) is 23.4 Å². The third-order valence-corrected chi connectivity index (χ3v) is 6.27. The summed E-state index contributed by atoms with van der Waals surface area (Å²) in [6, 6.07) is 9.47. The molecule has 0 aliphatic carbocycles. The van der Waals surface area contributed by atoms with E-state index in [9.17, 15) is 9.59 Å². The van der Waals surface area contributed by atoms with Crippen molar-refractivity contribution in [3.05, 3.63) is 47.1 Å². The number of fused-ring (bicyclic) bond motifs is 1. The van der Waals surface area contributed by atoms with E-state index >= 15 is 0 Å². The van der Waals surface area contributed by atoms with Gasteiger partial charge in [-0.1, -0.05) is 43.8 Å². The predicted octanol–water partition coefficient (Wildman–Crippen LogP) is 4.72. The van der Waals surface area contributed by atoms with Crippen molar-refractivity contribution in [2.45, 2.75) is 31.7 Å². The van der Waals surface area contributed by atoms with Crippen molar-refractivity contribution in [2.75, 3.05) is 17.7 Å². The molecule has 28 heavy (non-hydrogen) atoms. The quantitative estimate of drug-likeness (QED) is 0.342. The molecule has 6 nitrogen and oxygen atoms in total.